The van der Waals surface area contributed by atoms with Gasteiger partial charge in [0, 0.05) is 12.1 Å². The van der Waals surface area contributed by atoms with E-state index in [0.717, 1.165) is 16.9 Å². The molecular formula is C20H25NO3. The minimum atomic E-state index is -0.0788. The summed E-state index contributed by atoms with van der Waals surface area (Å²) in [5.41, 5.74) is 3.94. The smallest absolute Gasteiger partial charge is 0.251 e. The Bertz CT molecular complexity index is 710. The van der Waals surface area contributed by atoms with Crippen molar-refractivity contribution in [2.24, 2.45) is 0 Å². The summed E-state index contributed by atoms with van der Waals surface area (Å²) in [6.07, 6.45) is 0. The number of amides is 1. The van der Waals surface area contributed by atoms with Crippen LogP contribution in [0, 0.1) is 13.8 Å². The van der Waals surface area contributed by atoms with Crippen molar-refractivity contribution < 1.29 is 14.3 Å². The summed E-state index contributed by atoms with van der Waals surface area (Å²) < 4.78 is 11.2. The van der Waals surface area contributed by atoms with Crippen LogP contribution in [0.15, 0.2) is 36.4 Å². The molecule has 0 bridgehead atoms. The van der Waals surface area contributed by atoms with Gasteiger partial charge in [0.2, 0.25) is 0 Å². The third-order valence-electron chi connectivity index (χ3n) is 3.83. The Morgan fingerprint density at radius 3 is 2.29 bits per heavy atom. The first kappa shape index (κ1) is 17.9. The molecule has 0 unspecified atom stereocenters. The zero-order valence-electron chi connectivity index (χ0n) is 14.8. The summed E-state index contributed by atoms with van der Waals surface area (Å²) >= 11 is 0. The molecule has 0 saturated carbocycles. The van der Waals surface area contributed by atoms with E-state index in [1.54, 1.807) is 0 Å². The second-order valence-corrected chi connectivity index (χ2v) is 5.63. The lowest BCUT2D eigenvalue weighted by molar-refractivity contribution is 0.0950. The lowest BCUT2D eigenvalue weighted by Crippen LogP contribution is -2.23. The van der Waals surface area contributed by atoms with E-state index in [2.05, 4.69) is 5.32 Å². The van der Waals surface area contributed by atoms with E-state index in [1.807, 2.05) is 64.1 Å². The van der Waals surface area contributed by atoms with Crippen molar-refractivity contribution in [3.63, 3.8) is 0 Å². The van der Waals surface area contributed by atoms with Gasteiger partial charge in [-0.3, -0.25) is 4.79 Å². The average molecular weight is 327 g/mol. The molecule has 0 radical (unpaired) electrons. The van der Waals surface area contributed by atoms with E-state index >= 15 is 0 Å². The van der Waals surface area contributed by atoms with Gasteiger partial charge in [-0.05, 0) is 68.7 Å². The average Bonchev–Trinajstić information content (AvgIpc) is 2.57. The fraction of sp³-hybridized carbons (Fsp3) is 0.350. The van der Waals surface area contributed by atoms with Crippen LogP contribution in [0.1, 0.15) is 40.9 Å². The number of benzene rings is 2. The molecule has 0 atom stereocenters. The maximum Gasteiger partial charge on any atom is 0.251 e. The minimum Gasteiger partial charge on any atom is -0.490 e. The molecule has 4 nitrogen and oxygen atoms in total. The molecule has 24 heavy (non-hydrogen) atoms. The highest BCUT2D eigenvalue weighted by molar-refractivity contribution is 5.94. The first-order chi connectivity index (χ1) is 11.5. The number of aryl methyl sites for hydroxylation is 2. The molecule has 0 aliphatic carbocycles. The number of rotatable bonds is 7. The molecule has 1 amide bonds. The third-order valence-corrected chi connectivity index (χ3v) is 3.83. The summed E-state index contributed by atoms with van der Waals surface area (Å²) in [5.74, 6) is 1.35. The summed E-state index contributed by atoms with van der Waals surface area (Å²) in [6.45, 7) is 9.51. The van der Waals surface area contributed by atoms with Crippen LogP contribution >= 0.6 is 0 Å². The molecule has 1 N–H and O–H groups in total. The van der Waals surface area contributed by atoms with Crippen LogP contribution in [0.25, 0.3) is 0 Å². The molecule has 0 aliphatic heterocycles. The van der Waals surface area contributed by atoms with Gasteiger partial charge in [-0.2, -0.15) is 0 Å². The number of hydrogen-bond acceptors (Lipinski definition) is 3. The zero-order valence-corrected chi connectivity index (χ0v) is 14.8. The van der Waals surface area contributed by atoms with Crippen molar-refractivity contribution in [2.75, 3.05) is 13.2 Å². The number of nitrogens with one attached hydrogen (secondary N) is 1. The largest absolute Gasteiger partial charge is 0.490 e. The molecule has 0 heterocycles. The molecule has 0 spiro atoms. The molecule has 2 aromatic rings. The van der Waals surface area contributed by atoms with Gasteiger partial charge in [0.25, 0.3) is 5.91 Å². The van der Waals surface area contributed by atoms with Crippen LogP contribution in [0.2, 0.25) is 0 Å². The molecule has 2 rings (SSSR count). The number of carbonyl (C=O) groups is 1. The maximum atomic E-state index is 12.3. The minimum absolute atomic E-state index is 0.0788. The Morgan fingerprint density at radius 2 is 1.62 bits per heavy atom. The van der Waals surface area contributed by atoms with Crippen LogP contribution in [-0.4, -0.2) is 19.1 Å². The standard InChI is InChI=1S/C20H25NO3/c1-5-23-18-10-8-16(12-19(18)24-6-2)13-21-20(22)17-9-7-14(3)15(4)11-17/h7-12H,5-6,13H2,1-4H3,(H,21,22). The first-order valence-corrected chi connectivity index (χ1v) is 8.29. The quantitative estimate of drug-likeness (QED) is 0.835. The predicted octanol–water partition coefficient (Wildman–Crippen LogP) is 4.03. The van der Waals surface area contributed by atoms with Gasteiger partial charge >= 0.3 is 0 Å². The molecule has 0 fully saturated rings. The Morgan fingerprint density at radius 1 is 0.917 bits per heavy atom. The van der Waals surface area contributed by atoms with E-state index in [1.165, 1.54) is 5.56 Å². The van der Waals surface area contributed by atoms with E-state index in [-0.39, 0.29) is 5.91 Å². The Balaban J connectivity index is 2.06. The highest BCUT2D eigenvalue weighted by atomic mass is 16.5. The fourth-order valence-electron chi connectivity index (χ4n) is 2.37. The van der Waals surface area contributed by atoms with Crippen LogP contribution < -0.4 is 14.8 Å². The fourth-order valence-corrected chi connectivity index (χ4v) is 2.37. The molecule has 0 saturated heterocycles. The van der Waals surface area contributed by atoms with Gasteiger partial charge in [0.1, 0.15) is 0 Å². The van der Waals surface area contributed by atoms with Crippen LogP contribution in [-0.2, 0) is 6.54 Å². The molecule has 0 aromatic heterocycles. The van der Waals surface area contributed by atoms with Crippen molar-refractivity contribution in [3.8, 4) is 11.5 Å². The number of ether oxygens (including phenoxy) is 2. The van der Waals surface area contributed by atoms with Crippen LogP contribution in [0.3, 0.4) is 0 Å². The second-order valence-electron chi connectivity index (χ2n) is 5.63. The Kier molecular flexibility index (Phi) is 6.24. The van der Waals surface area contributed by atoms with E-state index in [4.69, 9.17) is 9.47 Å². The summed E-state index contributed by atoms with van der Waals surface area (Å²) in [5, 5.41) is 2.95. The number of carbonyl (C=O) groups excluding carboxylic acids is 1. The topological polar surface area (TPSA) is 47.6 Å². The molecule has 0 aliphatic rings. The molecule has 128 valence electrons. The monoisotopic (exact) mass is 327 g/mol. The lowest BCUT2D eigenvalue weighted by atomic mass is 10.1. The second kappa shape index (κ2) is 8.39. The van der Waals surface area contributed by atoms with E-state index < -0.39 is 0 Å². The van der Waals surface area contributed by atoms with E-state index in [0.29, 0.717) is 31.1 Å². The van der Waals surface area contributed by atoms with Gasteiger partial charge in [0.15, 0.2) is 11.5 Å². The Labute approximate surface area is 143 Å². The maximum absolute atomic E-state index is 12.3. The highest BCUT2D eigenvalue weighted by Gasteiger charge is 2.09. The van der Waals surface area contributed by atoms with Gasteiger partial charge in [0.05, 0.1) is 13.2 Å². The summed E-state index contributed by atoms with van der Waals surface area (Å²) in [4.78, 5) is 12.3. The predicted molar refractivity (Wildman–Crippen MR) is 95.9 cm³/mol. The van der Waals surface area contributed by atoms with E-state index in [9.17, 15) is 4.79 Å². The van der Waals surface area contributed by atoms with Crippen LogP contribution in [0.4, 0.5) is 0 Å². The molecule has 2 aromatic carbocycles. The summed E-state index contributed by atoms with van der Waals surface area (Å²) in [6, 6.07) is 11.5. The summed E-state index contributed by atoms with van der Waals surface area (Å²) in [7, 11) is 0. The van der Waals surface area contributed by atoms with Gasteiger partial charge in [-0.15, -0.1) is 0 Å². The van der Waals surface area contributed by atoms with Gasteiger partial charge < -0.3 is 14.8 Å². The van der Waals surface area contributed by atoms with Crippen molar-refractivity contribution >= 4 is 5.91 Å². The zero-order chi connectivity index (χ0) is 17.5. The normalized spacial score (nSPS) is 10.3. The third kappa shape index (κ3) is 4.51. The van der Waals surface area contributed by atoms with Gasteiger partial charge in [-0.1, -0.05) is 12.1 Å². The first-order valence-electron chi connectivity index (χ1n) is 8.29. The van der Waals surface area contributed by atoms with Crippen molar-refractivity contribution in [1.82, 2.24) is 5.32 Å². The van der Waals surface area contributed by atoms with Crippen molar-refractivity contribution in [3.05, 3.63) is 58.7 Å². The SMILES string of the molecule is CCOc1ccc(CNC(=O)c2ccc(C)c(C)c2)cc1OCC. The highest BCUT2D eigenvalue weighted by Crippen LogP contribution is 2.28. The molecule has 4 heteroatoms. The van der Waals surface area contributed by atoms with Crippen LogP contribution in [0.5, 0.6) is 11.5 Å². The molecular weight excluding hydrogens is 302 g/mol. The number of hydrogen-bond donors (Lipinski definition) is 1. The van der Waals surface area contributed by atoms with Crippen molar-refractivity contribution in [1.29, 1.82) is 0 Å². The van der Waals surface area contributed by atoms with Crippen molar-refractivity contribution in [2.45, 2.75) is 34.2 Å². The Hall–Kier alpha value is -2.49. The van der Waals surface area contributed by atoms with Gasteiger partial charge in [-0.25, -0.2) is 0 Å². The lowest BCUT2D eigenvalue weighted by Gasteiger charge is -2.13.